The highest BCUT2D eigenvalue weighted by molar-refractivity contribution is 5.97. The lowest BCUT2D eigenvalue weighted by atomic mass is 10.1. The zero-order chi connectivity index (χ0) is 19.9. The normalized spacial score (nSPS) is 10.8. The van der Waals surface area contributed by atoms with E-state index in [4.69, 9.17) is 4.74 Å². The average molecular weight is 369 g/mol. The maximum atomic E-state index is 12.3. The first-order valence-corrected chi connectivity index (χ1v) is 8.96. The van der Waals surface area contributed by atoms with Gasteiger partial charge in [-0.3, -0.25) is 9.59 Å². The first-order valence-electron chi connectivity index (χ1n) is 8.96. The fraction of sp³-hybridized carbons (Fsp3) is 0.333. The van der Waals surface area contributed by atoms with Gasteiger partial charge in [0.15, 0.2) is 0 Å². The van der Waals surface area contributed by atoms with Gasteiger partial charge in [0.05, 0.1) is 18.8 Å². The van der Waals surface area contributed by atoms with Crippen LogP contribution in [0.1, 0.15) is 38.1 Å². The minimum atomic E-state index is -0.311. The Morgan fingerprint density at radius 2 is 1.78 bits per heavy atom. The molecule has 6 heteroatoms. The molecule has 3 N–H and O–H groups in total. The summed E-state index contributed by atoms with van der Waals surface area (Å²) >= 11 is 0. The quantitative estimate of drug-likeness (QED) is 0.696. The molecule has 0 atom stereocenters. The molecule has 6 nitrogen and oxygen atoms in total. The number of ether oxygens (including phenoxy) is 1. The number of hydrogen-bond donors (Lipinski definition) is 3. The van der Waals surface area contributed by atoms with Crippen LogP contribution in [-0.4, -0.2) is 30.5 Å². The van der Waals surface area contributed by atoms with Crippen molar-refractivity contribution in [1.82, 2.24) is 5.32 Å². The van der Waals surface area contributed by atoms with Crippen molar-refractivity contribution in [3.63, 3.8) is 0 Å². The number of carbonyl (C=O) groups is 2. The Hall–Kier alpha value is -3.02. The molecule has 0 aliphatic heterocycles. The topological polar surface area (TPSA) is 79.5 Å². The van der Waals surface area contributed by atoms with Crippen molar-refractivity contribution in [2.24, 2.45) is 0 Å². The molecule has 0 aliphatic carbocycles. The molecule has 0 bridgehead atoms. The third kappa shape index (κ3) is 6.66. The van der Waals surface area contributed by atoms with Crippen molar-refractivity contribution in [2.75, 3.05) is 23.8 Å². The second-order valence-corrected chi connectivity index (χ2v) is 7.12. The van der Waals surface area contributed by atoms with Gasteiger partial charge in [-0.1, -0.05) is 18.2 Å². The minimum Gasteiger partial charge on any atom is -0.492 e. The number of carbonyl (C=O) groups excluding carboxylic acids is 2. The maximum absolute atomic E-state index is 12.3. The van der Waals surface area contributed by atoms with Crippen molar-refractivity contribution < 1.29 is 14.3 Å². The van der Waals surface area contributed by atoms with Gasteiger partial charge in [0, 0.05) is 16.8 Å². The minimum absolute atomic E-state index is 0.0742. The maximum Gasteiger partial charge on any atom is 0.251 e. The molecule has 2 amide bonds. The number of hydrogen-bond acceptors (Lipinski definition) is 4. The third-order valence-corrected chi connectivity index (χ3v) is 3.53. The molecule has 0 spiro atoms. The smallest absolute Gasteiger partial charge is 0.251 e. The van der Waals surface area contributed by atoms with E-state index < -0.39 is 0 Å². The highest BCUT2D eigenvalue weighted by Gasteiger charge is 2.15. The average Bonchev–Trinajstić information content (AvgIpc) is 2.61. The van der Waals surface area contributed by atoms with Gasteiger partial charge in [-0.05, 0) is 58.0 Å². The highest BCUT2D eigenvalue weighted by atomic mass is 16.5. The summed E-state index contributed by atoms with van der Waals surface area (Å²) in [7, 11) is 0. The first-order chi connectivity index (χ1) is 12.8. The number of anilines is 2. The van der Waals surface area contributed by atoms with Crippen molar-refractivity contribution in [3.8, 4) is 5.75 Å². The molecule has 2 aromatic rings. The monoisotopic (exact) mass is 369 g/mol. The van der Waals surface area contributed by atoms with E-state index in [0.717, 1.165) is 0 Å². The van der Waals surface area contributed by atoms with E-state index in [1.54, 1.807) is 24.3 Å². The van der Waals surface area contributed by atoms with E-state index in [1.807, 2.05) is 52.0 Å². The van der Waals surface area contributed by atoms with Crippen LogP contribution >= 0.6 is 0 Å². The Morgan fingerprint density at radius 1 is 1.04 bits per heavy atom. The predicted molar refractivity (Wildman–Crippen MR) is 108 cm³/mol. The molecule has 0 aliphatic rings. The molecule has 0 radical (unpaired) electrons. The summed E-state index contributed by atoms with van der Waals surface area (Å²) in [4.78, 5) is 24.5. The van der Waals surface area contributed by atoms with Crippen LogP contribution in [0.4, 0.5) is 11.4 Å². The number of para-hydroxylation sites is 2. The van der Waals surface area contributed by atoms with E-state index in [2.05, 4.69) is 16.0 Å². The lowest BCUT2D eigenvalue weighted by Gasteiger charge is -2.20. The zero-order valence-electron chi connectivity index (χ0n) is 16.3. The van der Waals surface area contributed by atoms with Gasteiger partial charge >= 0.3 is 0 Å². The fourth-order valence-corrected chi connectivity index (χ4v) is 2.41. The van der Waals surface area contributed by atoms with Crippen LogP contribution in [0.2, 0.25) is 0 Å². The highest BCUT2D eigenvalue weighted by Crippen LogP contribution is 2.23. The van der Waals surface area contributed by atoms with Crippen LogP contribution in [0.5, 0.6) is 5.75 Å². The van der Waals surface area contributed by atoms with Crippen molar-refractivity contribution in [3.05, 3.63) is 54.1 Å². The molecule has 0 aromatic heterocycles. The second-order valence-electron chi connectivity index (χ2n) is 7.12. The third-order valence-electron chi connectivity index (χ3n) is 3.53. The Kier molecular flexibility index (Phi) is 6.82. The van der Waals surface area contributed by atoms with E-state index in [1.165, 1.54) is 0 Å². The van der Waals surface area contributed by atoms with Crippen LogP contribution in [0.25, 0.3) is 0 Å². The van der Waals surface area contributed by atoms with Gasteiger partial charge in [-0.2, -0.15) is 0 Å². The van der Waals surface area contributed by atoms with E-state index in [0.29, 0.717) is 29.3 Å². The largest absolute Gasteiger partial charge is 0.492 e. The second kappa shape index (κ2) is 9.07. The van der Waals surface area contributed by atoms with Crippen molar-refractivity contribution in [1.29, 1.82) is 0 Å². The SMILES string of the molecule is CCOc1ccccc1NC(=O)CNc1cccc(C(=O)NC(C)(C)C)c1. The van der Waals surface area contributed by atoms with Crippen LogP contribution < -0.4 is 20.7 Å². The molecule has 27 heavy (non-hydrogen) atoms. The summed E-state index contributed by atoms with van der Waals surface area (Å²) in [6.45, 7) is 8.27. The van der Waals surface area contributed by atoms with Crippen LogP contribution in [0.15, 0.2) is 48.5 Å². The summed E-state index contributed by atoms with van der Waals surface area (Å²) in [6, 6.07) is 14.4. The van der Waals surface area contributed by atoms with Gasteiger partial charge in [-0.25, -0.2) is 0 Å². The number of rotatable bonds is 7. The van der Waals surface area contributed by atoms with Gasteiger partial charge in [0.2, 0.25) is 5.91 Å². The van der Waals surface area contributed by atoms with E-state index in [-0.39, 0.29) is 23.9 Å². The molecular weight excluding hydrogens is 342 g/mol. The molecule has 2 aromatic carbocycles. The van der Waals surface area contributed by atoms with Gasteiger partial charge in [0.25, 0.3) is 5.91 Å². The van der Waals surface area contributed by atoms with E-state index >= 15 is 0 Å². The Balaban J connectivity index is 1.96. The predicted octanol–water partition coefficient (Wildman–Crippen LogP) is 3.66. The molecular formula is C21H27N3O3. The standard InChI is InChI=1S/C21H27N3O3/c1-5-27-18-12-7-6-11-17(18)23-19(25)14-22-16-10-8-9-15(13-16)20(26)24-21(2,3)4/h6-13,22H,5,14H2,1-4H3,(H,23,25)(H,24,26). The summed E-state index contributed by atoms with van der Waals surface area (Å²) in [5.41, 5.74) is 1.56. The van der Waals surface area contributed by atoms with Gasteiger partial charge in [0.1, 0.15) is 5.75 Å². The number of amides is 2. The molecule has 0 heterocycles. The van der Waals surface area contributed by atoms with Crippen molar-refractivity contribution >= 4 is 23.2 Å². The number of benzene rings is 2. The molecule has 0 saturated heterocycles. The van der Waals surface area contributed by atoms with Gasteiger partial charge in [-0.15, -0.1) is 0 Å². The summed E-state index contributed by atoms with van der Waals surface area (Å²) < 4.78 is 5.50. The first kappa shape index (κ1) is 20.3. The van der Waals surface area contributed by atoms with Crippen LogP contribution in [0.3, 0.4) is 0 Å². The molecule has 144 valence electrons. The Morgan fingerprint density at radius 3 is 2.48 bits per heavy atom. The summed E-state index contributed by atoms with van der Waals surface area (Å²) in [5, 5.41) is 8.79. The van der Waals surface area contributed by atoms with Crippen molar-refractivity contribution in [2.45, 2.75) is 33.2 Å². The molecule has 2 rings (SSSR count). The molecule has 0 saturated carbocycles. The lowest BCUT2D eigenvalue weighted by molar-refractivity contribution is -0.114. The molecule has 0 fully saturated rings. The van der Waals surface area contributed by atoms with Gasteiger partial charge < -0.3 is 20.7 Å². The number of nitrogens with one attached hydrogen (secondary N) is 3. The molecule has 0 unspecified atom stereocenters. The summed E-state index contributed by atoms with van der Waals surface area (Å²) in [5.74, 6) is 0.280. The Labute approximate surface area is 160 Å². The Bertz CT molecular complexity index is 797. The van der Waals surface area contributed by atoms with E-state index in [9.17, 15) is 9.59 Å². The lowest BCUT2D eigenvalue weighted by Crippen LogP contribution is -2.40. The van der Waals surface area contributed by atoms with Crippen LogP contribution in [-0.2, 0) is 4.79 Å². The summed E-state index contributed by atoms with van der Waals surface area (Å²) in [6.07, 6.45) is 0. The zero-order valence-corrected chi connectivity index (χ0v) is 16.3. The fourth-order valence-electron chi connectivity index (χ4n) is 2.41. The van der Waals surface area contributed by atoms with Crippen LogP contribution in [0, 0.1) is 0 Å².